The summed E-state index contributed by atoms with van der Waals surface area (Å²) in [6.45, 7) is 8.55. The third-order valence-corrected chi connectivity index (χ3v) is 6.97. The summed E-state index contributed by atoms with van der Waals surface area (Å²) in [6.07, 6.45) is 3.88. The van der Waals surface area contributed by atoms with Crippen LogP contribution in [0.4, 0.5) is 0 Å². The number of aromatic nitrogens is 1. The highest BCUT2D eigenvalue weighted by molar-refractivity contribution is 5.86. The molecule has 1 aromatic heterocycles. The third-order valence-electron chi connectivity index (χ3n) is 6.97. The van der Waals surface area contributed by atoms with Crippen LogP contribution in [0.2, 0.25) is 0 Å². The van der Waals surface area contributed by atoms with Crippen molar-refractivity contribution in [1.29, 1.82) is 0 Å². The van der Waals surface area contributed by atoms with Gasteiger partial charge in [0.05, 0.1) is 18.8 Å². The molecule has 1 unspecified atom stereocenters. The van der Waals surface area contributed by atoms with Gasteiger partial charge in [-0.15, -0.1) is 0 Å². The fourth-order valence-corrected chi connectivity index (χ4v) is 5.59. The summed E-state index contributed by atoms with van der Waals surface area (Å²) in [6, 6.07) is 20.0. The van der Waals surface area contributed by atoms with E-state index in [-0.39, 0.29) is 5.54 Å². The second kappa shape index (κ2) is 5.99. The van der Waals surface area contributed by atoms with E-state index in [1.165, 1.54) is 48.8 Å². The van der Waals surface area contributed by atoms with E-state index >= 15 is 0 Å². The first-order chi connectivity index (χ1) is 12.7. The molecule has 134 valence electrons. The van der Waals surface area contributed by atoms with Crippen LogP contribution in [0.3, 0.4) is 0 Å². The van der Waals surface area contributed by atoms with Crippen LogP contribution in [0.15, 0.2) is 54.6 Å². The Morgan fingerprint density at radius 3 is 2.69 bits per heavy atom. The van der Waals surface area contributed by atoms with Crippen LogP contribution in [0.1, 0.15) is 43.5 Å². The molecule has 3 heterocycles. The Kier molecular flexibility index (Phi) is 3.72. The number of hydrogen-bond acceptors (Lipinski definition) is 0. The topological polar surface area (TPSA) is 9.37 Å². The quantitative estimate of drug-likeness (QED) is 0.724. The highest BCUT2D eigenvalue weighted by Crippen LogP contribution is 2.39. The van der Waals surface area contributed by atoms with Crippen LogP contribution in [0, 0.1) is 5.92 Å². The van der Waals surface area contributed by atoms with Gasteiger partial charge in [0, 0.05) is 36.2 Å². The Morgan fingerprint density at radius 2 is 1.85 bits per heavy atom. The van der Waals surface area contributed by atoms with E-state index < -0.39 is 0 Å². The van der Waals surface area contributed by atoms with Gasteiger partial charge in [0.25, 0.3) is 0 Å². The molecule has 2 aliphatic heterocycles. The van der Waals surface area contributed by atoms with Gasteiger partial charge in [-0.3, -0.25) is 0 Å². The monoisotopic (exact) mass is 345 g/mol. The van der Waals surface area contributed by atoms with Crippen molar-refractivity contribution in [3.05, 3.63) is 71.4 Å². The van der Waals surface area contributed by atoms with Gasteiger partial charge in [-0.25, -0.2) is 0 Å². The van der Waals surface area contributed by atoms with E-state index in [1.807, 2.05) is 0 Å². The fraction of sp³-hybridized carbons (Fsp3) is 0.417. The average Bonchev–Trinajstić information content (AvgIpc) is 2.98. The first-order valence-electron chi connectivity index (χ1n) is 10.2. The van der Waals surface area contributed by atoms with Crippen LogP contribution in [0.25, 0.3) is 10.9 Å². The first kappa shape index (κ1) is 16.1. The number of benzene rings is 2. The zero-order chi connectivity index (χ0) is 17.7. The van der Waals surface area contributed by atoms with E-state index in [0.29, 0.717) is 0 Å². The van der Waals surface area contributed by atoms with E-state index in [2.05, 4.69) is 73.0 Å². The molecule has 0 spiro atoms. The summed E-state index contributed by atoms with van der Waals surface area (Å²) in [5, 5.41) is 1.48. The number of nitrogens with one attached hydrogen (secondary N) is 1. The van der Waals surface area contributed by atoms with Crippen LogP contribution in [-0.2, 0) is 18.5 Å². The van der Waals surface area contributed by atoms with E-state index in [1.54, 1.807) is 16.2 Å². The molecule has 3 aromatic rings. The molecule has 1 fully saturated rings. The van der Waals surface area contributed by atoms with Gasteiger partial charge in [0.1, 0.15) is 5.54 Å². The number of nitrogens with zero attached hydrogens (tertiary/aromatic N) is 1. The van der Waals surface area contributed by atoms with Gasteiger partial charge in [-0.05, 0) is 30.5 Å². The molecule has 0 aliphatic carbocycles. The Hall–Kier alpha value is -2.06. The van der Waals surface area contributed by atoms with Crippen molar-refractivity contribution >= 4 is 10.9 Å². The van der Waals surface area contributed by atoms with Gasteiger partial charge in [0.15, 0.2) is 0 Å². The first-order valence-corrected chi connectivity index (χ1v) is 10.2. The number of para-hydroxylation sites is 1. The van der Waals surface area contributed by atoms with Crippen molar-refractivity contribution in [3.63, 3.8) is 0 Å². The minimum Gasteiger partial charge on any atom is -0.334 e. The van der Waals surface area contributed by atoms with Crippen LogP contribution in [-0.4, -0.2) is 17.7 Å². The molecule has 26 heavy (non-hydrogen) atoms. The average molecular weight is 346 g/mol. The summed E-state index contributed by atoms with van der Waals surface area (Å²) in [5.41, 5.74) is 6.32. The maximum absolute atomic E-state index is 2.65. The van der Waals surface area contributed by atoms with E-state index in [4.69, 9.17) is 0 Å². The van der Waals surface area contributed by atoms with Crippen molar-refractivity contribution in [3.8, 4) is 0 Å². The number of rotatable bonds is 2. The van der Waals surface area contributed by atoms with Crippen molar-refractivity contribution < 1.29 is 4.90 Å². The maximum Gasteiger partial charge on any atom is 0.136 e. The molecule has 2 aromatic carbocycles. The summed E-state index contributed by atoms with van der Waals surface area (Å²) in [7, 11) is 0. The summed E-state index contributed by atoms with van der Waals surface area (Å²) in [5.74, 6) is 0.853. The summed E-state index contributed by atoms with van der Waals surface area (Å²) in [4.78, 5) is 1.81. The molecular formula is C24H29N2+. The zero-order valence-electron chi connectivity index (χ0n) is 16.0. The zero-order valence-corrected chi connectivity index (χ0v) is 16.0. The number of quaternary nitrogens is 1. The maximum atomic E-state index is 2.65. The molecule has 1 N–H and O–H groups in total. The highest BCUT2D eigenvalue weighted by atomic mass is 15.2. The largest absolute Gasteiger partial charge is 0.334 e. The predicted molar refractivity (Wildman–Crippen MR) is 108 cm³/mol. The van der Waals surface area contributed by atoms with Crippen LogP contribution >= 0.6 is 0 Å². The number of piperidine rings is 1. The van der Waals surface area contributed by atoms with Crippen molar-refractivity contribution in [2.45, 2.75) is 45.2 Å². The van der Waals surface area contributed by atoms with E-state index in [9.17, 15) is 0 Å². The molecule has 5 rings (SSSR count). The third kappa shape index (κ3) is 2.35. The lowest BCUT2D eigenvalue weighted by Gasteiger charge is -2.47. The number of fused-ring (bicyclic) bond motifs is 5. The minimum atomic E-state index is 0.258. The second-order valence-corrected chi connectivity index (χ2v) is 8.70. The molecule has 0 radical (unpaired) electrons. The van der Waals surface area contributed by atoms with Gasteiger partial charge < -0.3 is 9.47 Å². The summed E-state index contributed by atoms with van der Waals surface area (Å²) < 4.78 is 2.65. The highest BCUT2D eigenvalue weighted by Gasteiger charge is 2.48. The van der Waals surface area contributed by atoms with E-state index in [0.717, 1.165) is 12.5 Å². The molecule has 2 aliphatic rings. The molecule has 3 atom stereocenters. The molecule has 0 saturated carbocycles. The van der Waals surface area contributed by atoms with Crippen molar-refractivity contribution in [1.82, 2.24) is 4.57 Å². The molecule has 0 amide bonds. The molecule has 2 nitrogen and oxygen atoms in total. The molecule has 0 bridgehead atoms. The SMILES string of the molecule is C[C@H]1CC[C@]2(C)c3c(c4ccccc4n3Cc3ccccc3)CC[NH+]2C1. The smallest absolute Gasteiger partial charge is 0.136 e. The Balaban J connectivity index is 1.72. The Bertz CT molecular complexity index is 940. The van der Waals surface area contributed by atoms with Gasteiger partial charge in [-0.2, -0.15) is 0 Å². The van der Waals surface area contributed by atoms with Gasteiger partial charge in [-0.1, -0.05) is 55.5 Å². The number of hydrogen-bond donors (Lipinski definition) is 1. The Morgan fingerprint density at radius 1 is 1.08 bits per heavy atom. The van der Waals surface area contributed by atoms with Crippen molar-refractivity contribution in [2.75, 3.05) is 13.1 Å². The standard InChI is InChI=1S/C24H28N2/c1-18-12-14-24(2)23-21(13-15-25(24)16-18)20-10-6-7-11-22(20)26(23)17-19-8-4-3-5-9-19/h3-11,18H,12-17H2,1-2H3/p+1/t18-,24+/m0/s1. The lowest BCUT2D eigenvalue weighted by atomic mass is 9.77. The lowest BCUT2D eigenvalue weighted by molar-refractivity contribution is -0.970. The molecule has 2 heteroatoms. The summed E-state index contributed by atoms with van der Waals surface area (Å²) >= 11 is 0. The van der Waals surface area contributed by atoms with Gasteiger partial charge in [0.2, 0.25) is 0 Å². The van der Waals surface area contributed by atoms with Crippen LogP contribution < -0.4 is 4.90 Å². The Labute approximate surface area is 156 Å². The lowest BCUT2D eigenvalue weighted by Crippen LogP contribution is -3.21. The van der Waals surface area contributed by atoms with Crippen molar-refractivity contribution in [2.24, 2.45) is 5.92 Å². The fourth-order valence-electron chi connectivity index (χ4n) is 5.59. The predicted octanol–water partition coefficient (Wildman–Crippen LogP) is 3.78. The second-order valence-electron chi connectivity index (χ2n) is 8.70. The normalized spacial score (nSPS) is 27.9. The molecular weight excluding hydrogens is 316 g/mol. The van der Waals surface area contributed by atoms with Crippen LogP contribution in [0.5, 0.6) is 0 Å². The molecule has 1 saturated heterocycles. The minimum absolute atomic E-state index is 0.258. The van der Waals surface area contributed by atoms with Gasteiger partial charge >= 0.3 is 0 Å².